The van der Waals surface area contributed by atoms with Gasteiger partial charge in [-0.05, 0) is 63.1 Å². The number of amides is 1. The van der Waals surface area contributed by atoms with Gasteiger partial charge in [0, 0.05) is 12.2 Å². The third kappa shape index (κ3) is 3.68. The number of imidazole rings is 1. The number of H-pyrrole nitrogens is 1. The van der Waals surface area contributed by atoms with Gasteiger partial charge in [0.05, 0.1) is 18.3 Å². The second-order valence-electron chi connectivity index (χ2n) is 7.59. The highest BCUT2D eigenvalue weighted by Crippen LogP contribution is 2.31. The first-order chi connectivity index (χ1) is 12.7. The molecule has 2 aliphatic rings. The number of nitrogens with one attached hydrogen (secondary N) is 2. The normalized spacial score (nSPS) is 20.1. The van der Waals surface area contributed by atoms with Crippen molar-refractivity contribution in [1.29, 1.82) is 0 Å². The van der Waals surface area contributed by atoms with Gasteiger partial charge in [-0.1, -0.05) is 24.3 Å². The van der Waals surface area contributed by atoms with E-state index in [1.807, 2.05) is 12.1 Å². The smallest absolute Gasteiger partial charge is 0.234 e. The van der Waals surface area contributed by atoms with E-state index in [1.54, 1.807) is 0 Å². The van der Waals surface area contributed by atoms with Crippen molar-refractivity contribution in [2.24, 2.45) is 0 Å². The number of rotatable bonds is 5. The second kappa shape index (κ2) is 7.62. The zero-order valence-electron chi connectivity index (χ0n) is 15.6. The van der Waals surface area contributed by atoms with Crippen molar-refractivity contribution in [3.8, 4) is 0 Å². The van der Waals surface area contributed by atoms with Gasteiger partial charge in [0.15, 0.2) is 0 Å². The molecule has 1 aliphatic carbocycles. The van der Waals surface area contributed by atoms with Gasteiger partial charge in [-0.15, -0.1) is 0 Å². The van der Waals surface area contributed by atoms with Crippen molar-refractivity contribution < 1.29 is 4.79 Å². The minimum atomic E-state index is 0.0940. The predicted octanol–water partition coefficient (Wildman–Crippen LogP) is 3.05. The van der Waals surface area contributed by atoms with Gasteiger partial charge in [0.25, 0.3) is 0 Å². The van der Waals surface area contributed by atoms with Crippen LogP contribution in [0.3, 0.4) is 0 Å². The molecule has 1 amide bonds. The molecule has 1 saturated heterocycles. The van der Waals surface area contributed by atoms with Gasteiger partial charge in [-0.25, -0.2) is 4.98 Å². The molecule has 4 rings (SSSR count). The fourth-order valence-electron chi connectivity index (χ4n) is 4.20. The number of benzene rings is 1. The fourth-order valence-corrected chi connectivity index (χ4v) is 4.20. The highest BCUT2D eigenvalue weighted by atomic mass is 16.2. The molecule has 1 aliphatic heterocycles. The number of aromatic amines is 1. The van der Waals surface area contributed by atoms with Crippen molar-refractivity contribution in [3.63, 3.8) is 0 Å². The number of likely N-dealkylation sites (tertiary alicyclic amines) is 1. The van der Waals surface area contributed by atoms with Gasteiger partial charge < -0.3 is 10.3 Å². The summed E-state index contributed by atoms with van der Waals surface area (Å²) < 4.78 is 0. The van der Waals surface area contributed by atoms with Gasteiger partial charge in [0.1, 0.15) is 5.82 Å². The molecule has 1 aromatic heterocycles. The molecule has 1 fully saturated rings. The molecular weight excluding hydrogens is 324 g/mol. The molecule has 0 radical (unpaired) electrons. The van der Waals surface area contributed by atoms with Gasteiger partial charge in [0.2, 0.25) is 5.91 Å². The summed E-state index contributed by atoms with van der Waals surface area (Å²) in [4.78, 5) is 23.2. The number of nitrogens with zero attached hydrogens (tertiary/aromatic N) is 2. The SMILES string of the molecule is Cc1ccccc1CNC(=O)CN1CCCC1c1nc2c([nH]1)CCCC2. The Morgan fingerprint density at radius 1 is 1.27 bits per heavy atom. The topological polar surface area (TPSA) is 61.0 Å². The average Bonchev–Trinajstić information content (AvgIpc) is 3.27. The zero-order valence-corrected chi connectivity index (χ0v) is 15.6. The summed E-state index contributed by atoms with van der Waals surface area (Å²) in [5.41, 5.74) is 4.97. The maximum atomic E-state index is 12.5. The van der Waals surface area contributed by atoms with Crippen molar-refractivity contribution >= 4 is 5.91 Å². The molecule has 0 saturated carbocycles. The standard InChI is InChI=1S/C21H28N4O/c1-15-7-2-3-8-16(15)13-22-20(26)14-25-12-6-11-19(25)21-23-17-9-4-5-10-18(17)24-21/h2-3,7-8,19H,4-6,9-14H2,1H3,(H,22,26)(H,23,24). The van der Waals surface area contributed by atoms with Crippen LogP contribution in [-0.4, -0.2) is 33.9 Å². The molecule has 0 spiro atoms. The van der Waals surface area contributed by atoms with Gasteiger partial charge >= 0.3 is 0 Å². The van der Waals surface area contributed by atoms with E-state index in [2.05, 4.69) is 34.3 Å². The maximum Gasteiger partial charge on any atom is 0.234 e. The van der Waals surface area contributed by atoms with Crippen LogP contribution in [0, 0.1) is 6.92 Å². The Morgan fingerprint density at radius 2 is 2.12 bits per heavy atom. The number of aromatic nitrogens is 2. The number of carbonyl (C=O) groups excluding carboxylic acids is 1. The first-order valence-corrected chi connectivity index (χ1v) is 9.83. The molecular formula is C21H28N4O. The monoisotopic (exact) mass is 352 g/mol. The molecule has 1 aromatic carbocycles. The Labute approximate surface area is 155 Å². The lowest BCUT2D eigenvalue weighted by atomic mass is 10.0. The summed E-state index contributed by atoms with van der Waals surface area (Å²) in [7, 11) is 0. The first kappa shape index (κ1) is 17.3. The Kier molecular flexibility index (Phi) is 5.07. The third-order valence-electron chi connectivity index (χ3n) is 5.74. The molecule has 2 N–H and O–H groups in total. The number of hydrogen-bond acceptors (Lipinski definition) is 3. The number of carbonyl (C=O) groups is 1. The van der Waals surface area contributed by atoms with E-state index in [9.17, 15) is 4.79 Å². The molecule has 5 nitrogen and oxygen atoms in total. The predicted molar refractivity (Wildman–Crippen MR) is 102 cm³/mol. The minimum Gasteiger partial charge on any atom is -0.351 e. The van der Waals surface area contributed by atoms with Crippen LogP contribution in [0.2, 0.25) is 0 Å². The summed E-state index contributed by atoms with van der Waals surface area (Å²) in [6, 6.07) is 8.45. The van der Waals surface area contributed by atoms with Crippen LogP contribution in [-0.2, 0) is 24.2 Å². The van der Waals surface area contributed by atoms with Crippen LogP contribution in [0.4, 0.5) is 0 Å². The largest absolute Gasteiger partial charge is 0.351 e. The second-order valence-corrected chi connectivity index (χ2v) is 7.59. The van der Waals surface area contributed by atoms with E-state index in [0.717, 1.165) is 38.1 Å². The number of fused-ring (bicyclic) bond motifs is 1. The summed E-state index contributed by atoms with van der Waals surface area (Å²) in [6.07, 6.45) is 6.91. The first-order valence-electron chi connectivity index (χ1n) is 9.83. The fraction of sp³-hybridized carbons (Fsp3) is 0.524. The Morgan fingerprint density at radius 3 is 2.96 bits per heavy atom. The number of aryl methyl sites for hydroxylation is 3. The molecule has 138 valence electrons. The Balaban J connectivity index is 1.37. The van der Waals surface area contributed by atoms with Crippen molar-refractivity contribution in [3.05, 3.63) is 52.6 Å². The van der Waals surface area contributed by atoms with Crippen LogP contribution in [0.15, 0.2) is 24.3 Å². The quantitative estimate of drug-likeness (QED) is 0.869. The summed E-state index contributed by atoms with van der Waals surface area (Å²) >= 11 is 0. The molecule has 0 bridgehead atoms. The van der Waals surface area contributed by atoms with E-state index in [4.69, 9.17) is 4.98 Å². The van der Waals surface area contributed by atoms with E-state index < -0.39 is 0 Å². The summed E-state index contributed by atoms with van der Waals surface area (Å²) in [5.74, 6) is 1.16. The van der Waals surface area contributed by atoms with Crippen LogP contribution >= 0.6 is 0 Å². The third-order valence-corrected chi connectivity index (χ3v) is 5.74. The lowest BCUT2D eigenvalue weighted by Crippen LogP contribution is -2.37. The van der Waals surface area contributed by atoms with Gasteiger partial charge in [-0.2, -0.15) is 0 Å². The van der Waals surface area contributed by atoms with Crippen LogP contribution in [0.1, 0.15) is 60.1 Å². The molecule has 1 atom stereocenters. The Bertz CT molecular complexity index is 759. The highest BCUT2D eigenvalue weighted by molar-refractivity contribution is 5.78. The summed E-state index contributed by atoms with van der Waals surface area (Å²) in [5, 5.41) is 3.08. The minimum absolute atomic E-state index is 0.0940. The number of hydrogen-bond donors (Lipinski definition) is 2. The van der Waals surface area contributed by atoms with Crippen molar-refractivity contribution in [2.75, 3.05) is 13.1 Å². The van der Waals surface area contributed by atoms with E-state index in [1.165, 1.54) is 35.4 Å². The lowest BCUT2D eigenvalue weighted by molar-refractivity contribution is -0.122. The van der Waals surface area contributed by atoms with Crippen molar-refractivity contribution in [2.45, 2.75) is 58.0 Å². The van der Waals surface area contributed by atoms with Crippen LogP contribution in [0.5, 0.6) is 0 Å². The van der Waals surface area contributed by atoms with Crippen molar-refractivity contribution in [1.82, 2.24) is 20.2 Å². The summed E-state index contributed by atoms with van der Waals surface area (Å²) in [6.45, 7) is 4.09. The van der Waals surface area contributed by atoms with Gasteiger partial charge in [-0.3, -0.25) is 9.69 Å². The van der Waals surface area contributed by atoms with E-state index >= 15 is 0 Å². The highest BCUT2D eigenvalue weighted by Gasteiger charge is 2.30. The molecule has 1 unspecified atom stereocenters. The molecule has 2 heterocycles. The maximum absolute atomic E-state index is 12.5. The molecule has 2 aromatic rings. The average molecular weight is 352 g/mol. The Hall–Kier alpha value is -2.14. The van der Waals surface area contributed by atoms with E-state index in [0.29, 0.717) is 13.1 Å². The lowest BCUT2D eigenvalue weighted by Gasteiger charge is -2.22. The van der Waals surface area contributed by atoms with E-state index in [-0.39, 0.29) is 11.9 Å². The molecule has 5 heteroatoms. The molecule has 26 heavy (non-hydrogen) atoms. The van der Waals surface area contributed by atoms with Crippen LogP contribution < -0.4 is 5.32 Å². The van der Waals surface area contributed by atoms with Crippen LogP contribution in [0.25, 0.3) is 0 Å². The zero-order chi connectivity index (χ0) is 17.9.